The lowest BCUT2D eigenvalue weighted by Gasteiger charge is -2.15. The molecule has 0 radical (unpaired) electrons. The smallest absolute Gasteiger partial charge is 0.324 e. The summed E-state index contributed by atoms with van der Waals surface area (Å²) in [7, 11) is 0. The second-order valence-corrected chi connectivity index (χ2v) is 5.20. The molecule has 0 aliphatic rings. The molecule has 0 amide bonds. The lowest BCUT2D eigenvalue weighted by Crippen LogP contribution is -2.16. The quantitative estimate of drug-likeness (QED) is 0.840. The zero-order valence-corrected chi connectivity index (χ0v) is 11.4. The Morgan fingerprint density at radius 1 is 1.25 bits per heavy atom. The van der Waals surface area contributed by atoms with E-state index in [2.05, 4.69) is 31.9 Å². The molecule has 16 heavy (non-hydrogen) atoms. The van der Waals surface area contributed by atoms with Crippen molar-refractivity contribution in [2.45, 2.75) is 25.1 Å². The van der Waals surface area contributed by atoms with E-state index in [1.54, 1.807) is 18.2 Å². The van der Waals surface area contributed by atoms with Gasteiger partial charge in [-0.15, -0.1) is 0 Å². The number of halogens is 5. The predicted octanol–water partition coefficient (Wildman–Crippen LogP) is 4.55. The summed E-state index contributed by atoms with van der Waals surface area (Å²) in [5, 5.41) is 0. The maximum Gasteiger partial charge on any atom is 0.389 e. The largest absolute Gasteiger partial charge is 0.389 e. The fraction of sp³-hybridized carbons (Fsp3) is 0.400. The van der Waals surface area contributed by atoms with Gasteiger partial charge in [-0.25, -0.2) is 0 Å². The van der Waals surface area contributed by atoms with E-state index in [0.717, 1.165) is 8.95 Å². The zero-order chi connectivity index (χ0) is 12.3. The van der Waals surface area contributed by atoms with E-state index in [4.69, 9.17) is 5.73 Å². The standard InChI is InChI=1S/C10H10Br2F3N/c11-6-1-2-8(12)7(5-6)9(16)3-4-10(13,14)15/h1-2,5,9H,3-4,16H2/t9-/m0/s1. The Morgan fingerprint density at radius 3 is 2.44 bits per heavy atom. The molecule has 1 aromatic carbocycles. The summed E-state index contributed by atoms with van der Waals surface area (Å²) in [6, 6.07) is 4.66. The van der Waals surface area contributed by atoms with Crippen molar-refractivity contribution in [2.24, 2.45) is 5.73 Å². The Hall–Kier alpha value is -0.0700. The van der Waals surface area contributed by atoms with Crippen LogP contribution in [0.2, 0.25) is 0 Å². The number of alkyl halides is 3. The summed E-state index contributed by atoms with van der Waals surface area (Å²) >= 11 is 6.53. The predicted molar refractivity (Wildman–Crippen MR) is 64.1 cm³/mol. The Balaban J connectivity index is 2.73. The Morgan fingerprint density at radius 2 is 1.88 bits per heavy atom. The molecule has 1 aromatic rings. The molecule has 0 saturated heterocycles. The minimum absolute atomic E-state index is 0.113. The Labute approximate surface area is 108 Å². The van der Waals surface area contributed by atoms with Crippen molar-refractivity contribution >= 4 is 31.9 Å². The van der Waals surface area contributed by atoms with Gasteiger partial charge in [-0.1, -0.05) is 31.9 Å². The highest BCUT2D eigenvalue weighted by Gasteiger charge is 2.28. The highest BCUT2D eigenvalue weighted by atomic mass is 79.9. The molecule has 0 aromatic heterocycles. The second-order valence-electron chi connectivity index (χ2n) is 3.43. The summed E-state index contributed by atoms with van der Waals surface area (Å²) in [4.78, 5) is 0. The average molecular weight is 361 g/mol. The molecule has 2 N–H and O–H groups in total. The van der Waals surface area contributed by atoms with Crippen LogP contribution >= 0.6 is 31.9 Å². The van der Waals surface area contributed by atoms with E-state index in [0.29, 0.717) is 5.56 Å². The first-order valence-electron chi connectivity index (χ1n) is 4.57. The highest BCUT2D eigenvalue weighted by Crippen LogP contribution is 2.31. The van der Waals surface area contributed by atoms with E-state index >= 15 is 0 Å². The molecule has 1 atom stereocenters. The van der Waals surface area contributed by atoms with Crippen LogP contribution in [0.15, 0.2) is 27.1 Å². The molecule has 0 aliphatic carbocycles. The van der Waals surface area contributed by atoms with Crippen molar-refractivity contribution in [3.63, 3.8) is 0 Å². The van der Waals surface area contributed by atoms with Crippen LogP contribution in [-0.2, 0) is 0 Å². The van der Waals surface area contributed by atoms with Crippen LogP contribution in [0, 0.1) is 0 Å². The molecule has 0 bridgehead atoms. The van der Waals surface area contributed by atoms with Crippen molar-refractivity contribution < 1.29 is 13.2 Å². The van der Waals surface area contributed by atoms with E-state index < -0.39 is 18.6 Å². The second kappa shape index (κ2) is 5.51. The third kappa shape index (κ3) is 4.43. The lowest BCUT2D eigenvalue weighted by atomic mass is 10.0. The van der Waals surface area contributed by atoms with E-state index in [1.807, 2.05) is 0 Å². The summed E-state index contributed by atoms with van der Waals surface area (Å²) < 4.78 is 37.6. The third-order valence-electron chi connectivity index (χ3n) is 2.10. The summed E-state index contributed by atoms with van der Waals surface area (Å²) in [5.74, 6) is 0. The molecule has 0 saturated carbocycles. The maximum absolute atomic E-state index is 12.0. The number of rotatable bonds is 3. The molecule has 1 rings (SSSR count). The van der Waals surface area contributed by atoms with Crippen molar-refractivity contribution in [1.29, 1.82) is 0 Å². The lowest BCUT2D eigenvalue weighted by molar-refractivity contribution is -0.136. The van der Waals surface area contributed by atoms with Crippen molar-refractivity contribution in [1.82, 2.24) is 0 Å². The fourth-order valence-electron chi connectivity index (χ4n) is 1.27. The van der Waals surface area contributed by atoms with Crippen LogP contribution < -0.4 is 5.73 Å². The summed E-state index contributed by atoms with van der Waals surface area (Å²) in [5.41, 5.74) is 6.40. The molecule has 0 heterocycles. The van der Waals surface area contributed by atoms with Crippen LogP contribution in [0.5, 0.6) is 0 Å². The van der Waals surface area contributed by atoms with Gasteiger partial charge < -0.3 is 5.73 Å². The number of hydrogen-bond donors (Lipinski definition) is 1. The first-order chi connectivity index (χ1) is 7.29. The van der Waals surface area contributed by atoms with Gasteiger partial charge in [0.25, 0.3) is 0 Å². The van der Waals surface area contributed by atoms with Crippen LogP contribution in [0.25, 0.3) is 0 Å². The maximum atomic E-state index is 12.0. The topological polar surface area (TPSA) is 26.0 Å². The van der Waals surface area contributed by atoms with Gasteiger partial charge >= 0.3 is 6.18 Å². The summed E-state index contributed by atoms with van der Waals surface area (Å²) in [6.07, 6.45) is -5.14. The first kappa shape index (κ1) is 14.0. The zero-order valence-electron chi connectivity index (χ0n) is 8.19. The normalized spacial score (nSPS) is 13.9. The van der Waals surface area contributed by atoms with Crippen LogP contribution in [0.4, 0.5) is 13.2 Å². The molecule has 6 heteroatoms. The minimum atomic E-state index is -4.16. The van der Waals surface area contributed by atoms with Crippen molar-refractivity contribution in [2.75, 3.05) is 0 Å². The van der Waals surface area contributed by atoms with Gasteiger partial charge in [0.1, 0.15) is 0 Å². The highest BCUT2D eigenvalue weighted by molar-refractivity contribution is 9.11. The van der Waals surface area contributed by atoms with Crippen molar-refractivity contribution in [3.05, 3.63) is 32.7 Å². The van der Waals surface area contributed by atoms with Gasteiger partial charge in [-0.2, -0.15) is 13.2 Å². The molecular weight excluding hydrogens is 351 g/mol. The molecule has 0 fully saturated rings. The monoisotopic (exact) mass is 359 g/mol. The van der Waals surface area contributed by atoms with E-state index in [9.17, 15) is 13.2 Å². The van der Waals surface area contributed by atoms with Crippen LogP contribution in [0.3, 0.4) is 0 Å². The number of nitrogens with two attached hydrogens (primary N) is 1. The van der Waals surface area contributed by atoms with E-state index in [1.165, 1.54) is 0 Å². The van der Waals surface area contributed by atoms with E-state index in [-0.39, 0.29) is 6.42 Å². The average Bonchev–Trinajstić information content (AvgIpc) is 2.17. The summed E-state index contributed by atoms with van der Waals surface area (Å²) in [6.45, 7) is 0. The number of benzene rings is 1. The molecule has 0 unspecified atom stereocenters. The number of hydrogen-bond acceptors (Lipinski definition) is 1. The van der Waals surface area contributed by atoms with Gasteiger partial charge in [0, 0.05) is 21.4 Å². The van der Waals surface area contributed by atoms with Gasteiger partial charge in [-0.05, 0) is 30.2 Å². The molecule has 1 nitrogen and oxygen atoms in total. The SMILES string of the molecule is N[C@@H](CCC(F)(F)F)c1cc(Br)ccc1Br. The van der Waals surface area contributed by atoms with Crippen LogP contribution in [-0.4, -0.2) is 6.18 Å². The van der Waals surface area contributed by atoms with Crippen molar-refractivity contribution in [3.8, 4) is 0 Å². The minimum Gasteiger partial charge on any atom is -0.324 e. The van der Waals surface area contributed by atoms with Gasteiger partial charge in [0.2, 0.25) is 0 Å². The molecule has 0 aliphatic heterocycles. The Kier molecular flexibility index (Phi) is 4.82. The molecule has 90 valence electrons. The Bertz CT molecular complexity index is 366. The van der Waals surface area contributed by atoms with Gasteiger partial charge in [-0.3, -0.25) is 0 Å². The molecule has 0 spiro atoms. The molecular formula is C10H10Br2F3N. The first-order valence-corrected chi connectivity index (χ1v) is 6.15. The third-order valence-corrected chi connectivity index (χ3v) is 3.31. The van der Waals surface area contributed by atoms with Gasteiger partial charge in [0.15, 0.2) is 0 Å². The van der Waals surface area contributed by atoms with Crippen LogP contribution in [0.1, 0.15) is 24.4 Å². The fourth-order valence-corrected chi connectivity index (χ4v) is 2.19. The van der Waals surface area contributed by atoms with Gasteiger partial charge in [0.05, 0.1) is 0 Å².